The molecule has 2 aromatic rings. The van der Waals surface area contributed by atoms with E-state index in [1.165, 1.54) is 0 Å². The molecule has 25 heavy (non-hydrogen) atoms. The number of hydrogen-bond acceptors (Lipinski definition) is 5. The van der Waals surface area contributed by atoms with Gasteiger partial charge in [0.1, 0.15) is 5.75 Å². The van der Waals surface area contributed by atoms with E-state index in [9.17, 15) is 4.79 Å². The van der Waals surface area contributed by atoms with Crippen molar-refractivity contribution in [2.75, 3.05) is 13.1 Å². The summed E-state index contributed by atoms with van der Waals surface area (Å²) >= 11 is 0. The molecule has 1 aromatic carbocycles. The summed E-state index contributed by atoms with van der Waals surface area (Å²) in [5, 5.41) is 4.10. The predicted octanol–water partition coefficient (Wildman–Crippen LogP) is 3.64. The van der Waals surface area contributed by atoms with Crippen LogP contribution in [-0.4, -0.2) is 40.1 Å². The highest BCUT2D eigenvalue weighted by Crippen LogP contribution is 2.28. The maximum atomic E-state index is 11.8. The van der Waals surface area contributed by atoms with Gasteiger partial charge in [-0.05, 0) is 44.0 Å². The van der Waals surface area contributed by atoms with Crippen LogP contribution in [-0.2, 0) is 4.79 Å². The molecule has 6 heteroatoms. The summed E-state index contributed by atoms with van der Waals surface area (Å²) in [5.41, 5.74) is 0.894. The molecule has 1 amide bonds. The number of amides is 1. The summed E-state index contributed by atoms with van der Waals surface area (Å²) in [7, 11) is 0. The average molecular weight is 343 g/mol. The predicted molar refractivity (Wildman–Crippen MR) is 94.3 cm³/mol. The number of likely N-dealkylation sites (tertiary alicyclic amines) is 1. The van der Waals surface area contributed by atoms with Crippen LogP contribution in [0.15, 0.2) is 28.8 Å². The average Bonchev–Trinajstić information content (AvgIpc) is 3.31. The van der Waals surface area contributed by atoms with Gasteiger partial charge in [-0.2, -0.15) is 4.98 Å². The lowest BCUT2D eigenvalue weighted by molar-refractivity contribution is -0.129. The number of carbonyl (C=O) groups is 1. The number of hydrogen-bond donors (Lipinski definition) is 0. The SMILES string of the molecule is CCC(=O)N1CCC(c2nc(-c3ccc(OC(C)CC)cc3)no2)C1. The zero-order valence-electron chi connectivity index (χ0n) is 15.1. The Balaban J connectivity index is 1.66. The van der Waals surface area contributed by atoms with Crippen LogP contribution in [0.1, 0.15) is 51.8 Å². The van der Waals surface area contributed by atoms with Crippen molar-refractivity contribution in [3.8, 4) is 17.1 Å². The molecule has 2 unspecified atom stereocenters. The van der Waals surface area contributed by atoms with Crippen molar-refractivity contribution in [3.63, 3.8) is 0 Å². The topological polar surface area (TPSA) is 68.5 Å². The first kappa shape index (κ1) is 17.5. The molecule has 6 nitrogen and oxygen atoms in total. The first-order valence-corrected chi connectivity index (χ1v) is 8.99. The van der Waals surface area contributed by atoms with Crippen molar-refractivity contribution >= 4 is 5.91 Å². The maximum absolute atomic E-state index is 11.8. The summed E-state index contributed by atoms with van der Waals surface area (Å²) < 4.78 is 11.2. The first-order valence-electron chi connectivity index (χ1n) is 8.99. The van der Waals surface area contributed by atoms with Gasteiger partial charge in [-0.25, -0.2) is 0 Å². The first-order chi connectivity index (χ1) is 12.1. The van der Waals surface area contributed by atoms with Crippen molar-refractivity contribution in [1.29, 1.82) is 0 Å². The van der Waals surface area contributed by atoms with Crippen LogP contribution in [0.25, 0.3) is 11.4 Å². The zero-order chi connectivity index (χ0) is 17.8. The molecule has 0 radical (unpaired) electrons. The molecule has 1 aromatic heterocycles. The summed E-state index contributed by atoms with van der Waals surface area (Å²) in [4.78, 5) is 18.2. The Labute approximate surface area is 148 Å². The quantitative estimate of drug-likeness (QED) is 0.801. The van der Waals surface area contributed by atoms with Crippen molar-refractivity contribution in [1.82, 2.24) is 15.0 Å². The highest BCUT2D eigenvalue weighted by atomic mass is 16.5. The Hall–Kier alpha value is -2.37. The van der Waals surface area contributed by atoms with Crippen molar-refractivity contribution < 1.29 is 14.1 Å². The maximum Gasteiger partial charge on any atom is 0.231 e. The molecule has 0 bridgehead atoms. The minimum atomic E-state index is 0.129. The third-order valence-corrected chi connectivity index (χ3v) is 4.66. The standard InChI is InChI=1S/C19H25N3O3/c1-4-13(3)24-16-8-6-14(7-9-16)18-20-19(25-21-18)15-10-11-22(12-15)17(23)5-2/h6-9,13,15H,4-5,10-12H2,1-3H3. The van der Waals surface area contributed by atoms with Gasteiger partial charge in [-0.3, -0.25) is 4.79 Å². The smallest absolute Gasteiger partial charge is 0.231 e. The molecule has 0 aliphatic carbocycles. The fourth-order valence-corrected chi connectivity index (χ4v) is 2.93. The molecule has 3 rings (SSSR count). The van der Waals surface area contributed by atoms with E-state index in [1.54, 1.807) is 0 Å². The van der Waals surface area contributed by atoms with Gasteiger partial charge in [0.2, 0.25) is 17.6 Å². The van der Waals surface area contributed by atoms with Gasteiger partial charge in [0.05, 0.1) is 12.0 Å². The van der Waals surface area contributed by atoms with E-state index in [2.05, 4.69) is 17.1 Å². The minimum absolute atomic E-state index is 0.129. The highest BCUT2D eigenvalue weighted by Gasteiger charge is 2.30. The fourth-order valence-electron chi connectivity index (χ4n) is 2.93. The molecule has 1 fully saturated rings. The molecule has 0 N–H and O–H groups in total. The Morgan fingerprint density at radius 3 is 2.80 bits per heavy atom. The molecule has 1 aliphatic rings. The number of carbonyl (C=O) groups excluding carboxylic acids is 1. The normalized spacial score (nSPS) is 18.4. The minimum Gasteiger partial charge on any atom is -0.491 e. The van der Waals surface area contributed by atoms with E-state index in [-0.39, 0.29) is 17.9 Å². The van der Waals surface area contributed by atoms with Crippen LogP contribution in [0, 0.1) is 0 Å². The summed E-state index contributed by atoms with van der Waals surface area (Å²) in [6, 6.07) is 7.73. The Bertz CT molecular complexity index is 711. The number of benzene rings is 1. The number of nitrogens with zero attached hydrogens (tertiary/aromatic N) is 3. The van der Waals surface area contributed by atoms with Gasteiger partial charge in [-0.15, -0.1) is 0 Å². The second-order valence-electron chi connectivity index (χ2n) is 6.50. The lowest BCUT2D eigenvalue weighted by Crippen LogP contribution is -2.27. The largest absolute Gasteiger partial charge is 0.491 e. The summed E-state index contributed by atoms with van der Waals surface area (Å²) in [6.45, 7) is 7.45. The van der Waals surface area contributed by atoms with E-state index in [0.717, 1.165) is 30.7 Å². The number of rotatable bonds is 6. The Morgan fingerprint density at radius 1 is 1.36 bits per heavy atom. The van der Waals surface area contributed by atoms with Crippen LogP contribution in [0.4, 0.5) is 0 Å². The van der Waals surface area contributed by atoms with Crippen molar-refractivity contribution in [2.24, 2.45) is 0 Å². The third kappa shape index (κ3) is 4.00. The van der Waals surface area contributed by atoms with E-state index in [0.29, 0.717) is 24.7 Å². The van der Waals surface area contributed by atoms with Gasteiger partial charge < -0.3 is 14.2 Å². The molecule has 0 spiro atoms. The highest BCUT2D eigenvalue weighted by molar-refractivity contribution is 5.76. The van der Waals surface area contributed by atoms with E-state index in [1.807, 2.05) is 43.0 Å². The molecule has 0 saturated carbocycles. The molecule has 2 heterocycles. The van der Waals surface area contributed by atoms with Crippen LogP contribution in [0.2, 0.25) is 0 Å². The molecular formula is C19H25N3O3. The van der Waals surface area contributed by atoms with E-state index < -0.39 is 0 Å². The summed E-state index contributed by atoms with van der Waals surface area (Å²) in [5.74, 6) is 2.34. The monoisotopic (exact) mass is 343 g/mol. The van der Waals surface area contributed by atoms with Gasteiger partial charge in [0.15, 0.2) is 0 Å². The van der Waals surface area contributed by atoms with Crippen molar-refractivity contribution in [2.45, 2.75) is 52.1 Å². The summed E-state index contributed by atoms with van der Waals surface area (Å²) in [6.07, 6.45) is 2.57. The van der Waals surface area contributed by atoms with Gasteiger partial charge in [0, 0.05) is 25.1 Å². The van der Waals surface area contributed by atoms with E-state index >= 15 is 0 Å². The molecule has 1 aliphatic heterocycles. The van der Waals surface area contributed by atoms with Crippen molar-refractivity contribution in [3.05, 3.63) is 30.2 Å². The molecule has 134 valence electrons. The van der Waals surface area contributed by atoms with Crippen LogP contribution < -0.4 is 4.74 Å². The fraction of sp³-hybridized carbons (Fsp3) is 0.526. The second-order valence-corrected chi connectivity index (χ2v) is 6.50. The van der Waals surface area contributed by atoms with Crippen LogP contribution in [0.5, 0.6) is 5.75 Å². The molecular weight excluding hydrogens is 318 g/mol. The van der Waals surface area contributed by atoms with E-state index in [4.69, 9.17) is 9.26 Å². The Kier molecular flexibility index (Phi) is 5.36. The number of ether oxygens (including phenoxy) is 1. The van der Waals surface area contributed by atoms with Crippen LogP contribution in [0.3, 0.4) is 0 Å². The lowest BCUT2D eigenvalue weighted by Gasteiger charge is -2.13. The van der Waals surface area contributed by atoms with Gasteiger partial charge in [0.25, 0.3) is 0 Å². The molecule has 2 atom stereocenters. The van der Waals surface area contributed by atoms with Gasteiger partial charge in [-0.1, -0.05) is 19.0 Å². The second kappa shape index (κ2) is 7.68. The van der Waals surface area contributed by atoms with Crippen LogP contribution >= 0.6 is 0 Å². The molecule has 1 saturated heterocycles. The number of aromatic nitrogens is 2. The Morgan fingerprint density at radius 2 is 2.12 bits per heavy atom. The zero-order valence-corrected chi connectivity index (χ0v) is 15.1. The van der Waals surface area contributed by atoms with Gasteiger partial charge >= 0.3 is 0 Å². The third-order valence-electron chi connectivity index (χ3n) is 4.66. The lowest BCUT2D eigenvalue weighted by atomic mass is 10.1.